The number of rotatable bonds is 12. The van der Waals surface area contributed by atoms with Gasteiger partial charge in [0.05, 0.1) is 47.8 Å². The molecule has 99 heavy (non-hydrogen) atoms. The minimum atomic E-state index is -1.39. The lowest BCUT2D eigenvalue weighted by atomic mass is 9.80. The van der Waals surface area contributed by atoms with E-state index < -0.39 is 36.6 Å². The zero-order chi connectivity index (χ0) is 70.8. The van der Waals surface area contributed by atoms with Crippen molar-refractivity contribution < 1.29 is 56.2 Å². The Morgan fingerprint density at radius 1 is 0.485 bits per heavy atom. The first-order valence-corrected chi connectivity index (χ1v) is 29.2. The summed E-state index contributed by atoms with van der Waals surface area (Å²) in [5, 5.41) is 29.5. The Morgan fingerprint density at radius 2 is 0.838 bits per heavy atom. The molecule has 8 heterocycles. The van der Waals surface area contributed by atoms with Crippen LogP contribution in [0.4, 0.5) is 39.4 Å². The van der Waals surface area contributed by atoms with Gasteiger partial charge >= 0.3 is 19.1 Å². The molecular formula is C69H69BClF5N16O7. The first-order valence-electron chi connectivity index (χ1n) is 28.8. The van der Waals surface area contributed by atoms with Crippen molar-refractivity contribution in [2.45, 2.75) is 69.5 Å². The summed E-state index contributed by atoms with van der Waals surface area (Å²) in [6, 6.07) is 33.0. The van der Waals surface area contributed by atoms with Gasteiger partial charge in [0, 0.05) is 80.9 Å². The number of ether oxygens (including phenoxy) is 1. The highest BCUT2D eigenvalue weighted by molar-refractivity contribution is 6.58. The molecule has 512 valence electrons. The predicted molar refractivity (Wildman–Crippen MR) is 369 cm³/mol. The summed E-state index contributed by atoms with van der Waals surface area (Å²) in [6.45, 7) is 11.0. The lowest BCUT2D eigenvalue weighted by molar-refractivity contribution is 0.0593. The lowest BCUT2D eigenvalue weighted by Crippen LogP contribution is -2.30. The summed E-state index contributed by atoms with van der Waals surface area (Å²) in [4.78, 5) is 81.2. The first-order chi connectivity index (χ1) is 46.1. The van der Waals surface area contributed by atoms with Crippen LogP contribution in [0.3, 0.4) is 0 Å². The van der Waals surface area contributed by atoms with E-state index in [1.165, 1.54) is 92.3 Å². The van der Waals surface area contributed by atoms with Gasteiger partial charge in [-0.1, -0.05) is 26.5 Å². The molecule has 12 N–H and O–H groups in total. The molecular weight excluding hydrogens is 1310 g/mol. The minimum absolute atomic E-state index is 0. The molecule has 0 fully saturated rings. The van der Waals surface area contributed by atoms with Crippen molar-refractivity contribution in [3.05, 3.63) is 243 Å². The van der Waals surface area contributed by atoms with Crippen molar-refractivity contribution in [3.8, 4) is 56.3 Å². The maximum atomic E-state index is 13.9. The molecule has 0 radical (unpaired) electrons. The van der Waals surface area contributed by atoms with E-state index in [-0.39, 0.29) is 96.5 Å². The van der Waals surface area contributed by atoms with Gasteiger partial charge in [-0.2, -0.15) is 0 Å². The third-order valence-corrected chi connectivity index (χ3v) is 13.5. The number of pyridine rings is 5. The van der Waals surface area contributed by atoms with Gasteiger partial charge in [-0.25, -0.2) is 61.4 Å². The number of carbonyl (C=O) groups excluding carboxylic acids is 2. The summed E-state index contributed by atoms with van der Waals surface area (Å²) in [6.07, 6.45) is 2.95. The number of aryl methyl sites for hydroxylation is 6. The average Bonchev–Trinajstić information content (AvgIpc) is 0.798. The van der Waals surface area contributed by atoms with Gasteiger partial charge in [0.25, 0.3) is 5.91 Å². The van der Waals surface area contributed by atoms with E-state index in [9.17, 15) is 41.4 Å². The van der Waals surface area contributed by atoms with E-state index in [4.69, 9.17) is 44.6 Å². The molecule has 0 aliphatic carbocycles. The van der Waals surface area contributed by atoms with E-state index in [0.717, 1.165) is 34.2 Å². The third-order valence-electron chi connectivity index (χ3n) is 13.3. The van der Waals surface area contributed by atoms with Gasteiger partial charge in [-0.05, 0) is 180 Å². The van der Waals surface area contributed by atoms with Crippen molar-refractivity contribution in [2.24, 2.45) is 5.73 Å². The number of aromatic nitrogens is 11. The third kappa shape index (κ3) is 21.4. The van der Waals surface area contributed by atoms with Crippen LogP contribution in [-0.4, -0.2) is 102 Å². The van der Waals surface area contributed by atoms with Crippen molar-refractivity contribution in [1.29, 1.82) is 0 Å². The first kappa shape index (κ1) is 78.0. The topological polar surface area (TPSA) is 379 Å². The fraction of sp³-hybridized carbons (Fsp3) is 0.159. The van der Waals surface area contributed by atoms with E-state index in [0.29, 0.717) is 61.7 Å². The zero-order valence-electron chi connectivity index (χ0n) is 52.8. The Kier molecular flexibility index (Phi) is 28.3. The van der Waals surface area contributed by atoms with Crippen LogP contribution < -0.4 is 33.7 Å². The van der Waals surface area contributed by atoms with Crippen LogP contribution >= 0.6 is 11.6 Å². The van der Waals surface area contributed by atoms with Crippen molar-refractivity contribution in [1.82, 2.24) is 60.1 Å². The Hall–Kier alpha value is -11.7. The monoisotopic (exact) mass is 1370 g/mol. The molecule has 0 aliphatic heterocycles. The maximum Gasteiger partial charge on any atom is 0.488 e. The summed E-state index contributed by atoms with van der Waals surface area (Å²) in [5.41, 5.74) is 32.4. The molecule has 0 atom stereocenters. The number of anilines is 3. The normalized spacial score (nSPS) is 10.2. The van der Waals surface area contributed by atoms with E-state index in [1.807, 2.05) is 53.7 Å². The highest BCUT2D eigenvalue weighted by atomic mass is 35.5. The SMILES string of the molecule is C.C.COC(=O)c1nc(Cl)c(-c2ccc(F)cc2)nc1N.Cc1cc(-c2nc(C(=O)NCc3ncccc3F)c(N)nc2-c2ccc(F)cc2)cc(C)n1.Cc1cc(-c2nc(C(=O)O)c(N)nc2-c2ccc(F)cc2)cc(C)n1.Cc1cc(B(O)O)cc(C)n1.NCc1ncccc1F. The van der Waals surface area contributed by atoms with Crippen LogP contribution in [-0.2, 0) is 17.8 Å². The molecule has 0 unspecified atom stereocenters. The number of carboxylic acid groups (broad SMARTS) is 1. The molecule has 0 aliphatic rings. The smallest absolute Gasteiger partial charge is 0.476 e. The second kappa shape index (κ2) is 35.9. The molecule has 1 amide bonds. The van der Waals surface area contributed by atoms with Gasteiger partial charge in [0.2, 0.25) is 0 Å². The highest BCUT2D eigenvalue weighted by Gasteiger charge is 2.24. The molecule has 0 spiro atoms. The number of benzene rings is 3. The number of halogens is 6. The Balaban J connectivity index is 0.000000238. The van der Waals surface area contributed by atoms with Crippen LogP contribution in [0.15, 0.2) is 146 Å². The molecule has 8 aromatic heterocycles. The predicted octanol–water partition coefficient (Wildman–Crippen LogP) is 10.9. The lowest BCUT2D eigenvalue weighted by Gasteiger charge is -2.14. The van der Waals surface area contributed by atoms with E-state index >= 15 is 0 Å². The van der Waals surface area contributed by atoms with Crippen molar-refractivity contribution in [3.63, 3.8) is 0 Å². The quantitative estimate of drug-likeness (QED) is 0.0320. The maximum absolute atomic E-state index is 13.9. The van der Waals surface area contributed by atoms with Gasteiger partial charge in [0.1, 0.15) is 34.8 Å². The summed E-state index contributed by atoms with van der Waals surface area (Å²) in [7, 11) is -0.194. The molecule has 11 aromatic rings. The highest BCUT2D eigenvalue weighted by Crippen LogP contribution is 2.34. The van der Waals surface area contributed by atoms with Crippen LogP contribution in [0.5, 0.6) is 0 Å². The van der Waals surface area contributed by atoms with Gasteiger partial charge in [0.15, 0.2) is 39.7 Å². The molecule has 0 saturated heterocycles. The van der Waals surface area contributed by atoms with Gasteiger partial charge < -0.3 is 48.1 Å². The van der Waals surface area contributed by atoms with Crippen LogP contribution in [0.25, 0.3) is 56.3 Å². The average molecular weight is 1380 g/mol. The number of carbonyl (C=O) groups is 3. The van der Waals surface area contributed by atoms with Gasteiger partial charge in [-0.15, -0.1) is 0 Å². The number of nitrogens with zero attached hydrogens (tertiary/aromatic N) is 11. The number of nitrogen functional groups attached to an aromatic ring is 3. The van der Waals surface area contributed by atoms with E-state index in [1.54, 1.807) is 48.5 Å². The van der Waals surface area contributed by atoms with Crippen LogP contribution in [0.1, 0.15) is 91.9 Å². The number of carboxylic acids is 1. The van der Waals surface area contributed by atoms with E-state index in [2.05, 4.69) is 64.9 Å². The number of aromatic carboxylic acids is 1. The number of hydrogen-bond donors (Lipinski definition) is 8. The molecule has 0 saturated carbocycles. The largest absolute Gasteiger partial charge is 0.488 e. The van der Waals surface area contributed by atoms with Crippen LogP contribution in [0.2, 0.25) is 5.15 Å². The number of amides is 1. The minimum Gasteiger partial charge on any atom is -0.476 e. The summed E-state index contributed by atoms with van der Waals surface area (Å²) < 4.78 is 70.4. The molecule has 11 rings (SSSR count). The number of esters is 1. The molecule has 23 nitrogen and oxygen atoms in total. The van der Waals surface area contributed by atoms with Crippen LogP contribution in [0, 0.1) is 70.6 Å². The summed E-state index contributed by atoms with van der Waals surface area (Å²) in [5.74, 6) is -5.05. The molecule has 3 aromatic carbocycles. The second-order valence-corrected chi connectivity index (χ2v) is 21.2. The van der Waals surface area contributed by atoms with Crippen molar-refractivity contribution >= 4 is 59.5 Å². The molecule has 0 bridgehead atoms. The molecule has 30 heteroatoms. The fourth-order valence-corrected chi connectivity index (χ4v) is 9.27. The second-order valence-electron chi connectivity index (χ2n) is 20.8. The zero-order valence-corrected chi connectivity index (χ0v) is 53.6. The number of nitrogens with two attached hydrogens (primary N) is 4. The Morgan fingerprint density at radius 3 is 1.21 bits per heavy atom. The standard InChI is InChI=1S/C24H20F2N6O.C18H15FN4O2.C12H9ClFN3O2.C7H10BNO2.C6H7FN2.2CH4/c1-13-10-16(11-14(2)30-13)21-20(15-5-7-17(25)8-6-15)32-23(27)22(31-21)24(33)29-12-19-18(26)4-3-9-28-19;1-9-7-12(8-10(2)21-9)15-14(11-3-5-13(19)6-4-11)23-17(20)16(22-15)18(24)25;1-19-12(18)9-11(15)17-8(10(13)16-9)6-2-4-7(14)5-3-6;1-5-3-7(8(10)11)4-6(2)9-5;7-5-2-1-3-9-6(5)4-8;;/h3-11H,12H2,1-2H3,(H2,27,32)(H,29,33);3-8H,1-2H3,(H2,20,23)(H,24,25);2-5H,1H3,(H2,15,17);3-4,10-11H,1-2H3;1-3H,4,8H2;2*1H4. The van der Waals surface area contributed by atoms with Gasteiger partial charge in [-0.3, -0.25) is 29.7 Å². The summed E-state index contributed by atoms with van der Waals surface area (Å²) >= 11 is 5.95. The van der Waals surface area contributed by atoms with Crippen molar-refractivity contribution in [2.75, 3.05) is 24.3 Å². The Bertz CT molecular complexity index is 4590. The number of nitrogens with one attached hydrogen (secondary N) is 1. The number of hydrogen-bond acceptors (Lipinski definition) is 21. The number of methoxy groups -OCH3 is 1. The Labute approximate surface area is 571 Å². The fourth-order valence-electron chi connectivity index (χ4n) is 9.03.